The molecule has 0 radical (unpaired) electrons. The van der Waals surface area contributed by atoms with E-state index in [0.717, 1.165) is 11.1 Å². The summed E-state index contributed by atoms with van der Waals surface area (Å²) >= 11 is 6.12. The molecule has 0 unspecified atom stereocenters. The van der Waals surface area contributed by atoms with Crippen LogP contribution in [0.3, 0.4) is 0 Å². The van der Waals surface area contributed by atoms with Gasteiger partial charge < -0.3 is 24.5 Å². The molecule has 1 aliphatic rings. The first-order valence-electron chi connectivity index (χ1n) is 10.5. The van der Waals surface area contributed by atoms with E-state index < -0.39 is 24.4 Å². The number of hydrogen-bond acceptors (Lipinski definition) is 5. The number of alkyl carbamates (subject to hydrolysis) is 1. The highest BCUT2D eigenvalue weighted by atomic mass is 35.5. The van der Waals surface area contributed by atoms with Gasteiger partial charge in [0.15, 0.2) is 0 Å². The summed E-state index contributed by atoms with van der Waals surface area (Å²) in [7, 11) is -0.650. The molecule has 0 aromatic heterocycles. The summed E-state index contributed by atoms with van der Waals surface area (Å²) in [5, 5.41) is 12.8. The van der Waals surface area contributed by atoms with Crippen molar-refractivity contribution in [2.75, 3.05) is 6.54 Å². The maximum Gasteiger partial charge on any atom is 0.492 e. The third kappa shape index (κ3) is 5.92. The van der Waals surface area contributed by atoms with Gasteiger partial charge in [-0.2, -0.15) is 0 Å². The van der Waals surface area contributed by atoms with Crippen molar-refractivity contribution < 1.29 is 23.9 Å². The molecule has 2 N–H and O–H groups in total. The second kappa shape index (κ2) is 10.1. The van der Waals surface area contributed by atoms with Crippen molar-refractivity contribution >= 4 is 30.9 Å². The normalized spacial score (nSPS) is 17.3. The smallest absolute Gasteiger partial charge is 0.445 e. The molecule has 2 aromatic carbocycles. The standard InChI is InChI=1S/C24H29BClNO5/c1-23(2)24(3,4)32-25(31-23)20(13-18-10-11-21(26)19(12-18)15-28)14-27-22(29)30-16-17-8-6-5-7-9-17/h5-13,28H,14-16H2,1-4H3,(H,27,29). The fourth-order valence-electron chi connectivity index (χ4n) is 3.16. The minimum Gasteiger partial charge on any atom is -0.445 e. The second-order valence-corrected chi connectivity index (χ2v) is 9.14. The van der Waals surface area contributed by atoms with E-state index in [1.807, 2.05) is 70.2 Å². The topological polar surface area (TPSA) is 77.0 Å². The highest BCUT2D eigenvalue weighted by Crippen LogP contribution is 2.38. The van der Waals surface area contributed by atoms with Crippen molar-refractivity contribution in [3.05, 3.63) is 75.7 Å². The zero-order chi connectivity index (χ0) is 23.4. The van der Waals surface area contributed by atoms with Crippen molar-refractivity contribution in [1.29, 1.82) is 0 Å². The van der Waals surface area contributed by atoms with Gasteiger partial charge in [0.2, 0.25) is 0 Å². The van der Waals surface area contributed by atoms with Gasteiger partial charge in [-0.05, 0) is 62.0 Å². The van der Waals surface area contributed by atoms with Crippen LogP contribution in [0.15, 0.2) is 54.0 Å². The summed E-state index contributed by atoms with van der Waals surface area (Å²) < 4.78 is 17.7. The van der Waals surface area contributed by atoms with Gasteiger partial charge in [-0.15, -0.1) is 0 Å². The number of ether oxygens (including phenoxy) is 1. The number of aliphatic hydroxyl groups is 1. The zero-order valence-electron chi connectivity index (χ0n) is 18.9. The summed E-state index contributed by atoms with van der Waals surface area (Å²) in [6.07, 6.45) is 1.33. The lowest BCUT2D eigenvalue weighted by atomic mass is 9.77. The molecule has 0 atom stereocenters. The second-order valence-electron chi connectivity index (χ2n) is 8.73. The van der Waals surface area contributed by atoms with Crippen LogP contribution in [0.1, 0.15) is 44.4 Å². The molecular formula is C24H29BClNO5. The van der Waals surface area contributed by atoms with E-state index in [9.17, 15) is 9.90 Å². The number of halogens is 1. The molecular weight excluding hydrogens is 429 g/mol. The van der Waals surface area contributed by atoms with Crippen LogP contribution in [0.2, 0.25) is 5.02 Å². The largest absolute Gasteiger partial charge is 0.492 e. The minimum atomic E-state index is -0.650. The van der Waals surface area contributed by atoms with Crippen molar-refractivity contribution in [2.24, 2.45) is 0 Å². The molecule has 6 nitrogen and oxygen atoms in total. The predicted molar refractivity (Wildman–Crippen MR) is 126 cm³/mol. The highest BCUT2D eigenvalue weighted by molar-refractivity contribution is 6.56. The molecule has 0 bridgehead atoms. The fraction of sp³-hybridized carbons (Fsp3) is 0.375. The monoisotopic (exact) mass is 457 g/mol. The van der Waals surface area contributed by atoms with Crippen LogP contribution in [0.5, 0.6) is 0 Å². The first-order valence-corrected chi connectivity index (χ1v) is 10.9. The van der Waals surface area contributed by atoms with Crippen molar-refractivity contribution in [3.8, 4) is 0 Å². The van der Waals surface area contributed by atoms with Crippen molar-refractivity contribution in [2.45, 2.75) is 52.1 Å². The Kier molecular flexibility index (Phi) is 7.67. The molecule has 0 aliphatic carbocycles. The summed E-state index contributed by atoms with van der Waals surface area (Å²) in [5.41, 5.74) is 1.99. The Morgan fingerprint density at radius 3 is 2.41 bits per heavy atom. The van der Waals surface area contributed by atoms with Crippen LogP contribution in [0, 0.1) is 0 Å². The quantitative estimate of drug-likeness (QED) is 0.586. The maximum absolute atomic E-state index is 12.3. The predicted octanol–water partition coefficient (Wildman–Crippen LogP) is 4.77. The van der Waals surface area contributed by atoms with Crippen molar-refractivity contribution in [3.63, 3.8) is 0 Å². The van der Waals surface area contributed by atoms with Crippen LogP contribution in [-0.4, -0.2) is 36.1 Å². The summed E-state index contributed by atoms with van der Waals surface area (Å²) in [4.78, 5) is 12.3. The molecule has 1 heterocycles. The van der Waals surface area contributed by atoms with Gasteiger partial charge in [0.1, 0.15) is 6.61 Å². The number of benzene rings is 2. The lowest BCUT2D eigenvalue weighted by Crippen LogP contribution is -2.41. The number of rotatable bonds is 7. The first kappa shape index (κ1) is 24.3. The maximum atomic E-state index is 12.3. The third-order valence-corrected chi connectivity index (χ3v) is 6.17. The first-order chi connectivity index (χ1) is 15.1. The third-order valence-electron chi connectivity index (χ3n) is 5.80. The lowest BCUT2D eigenvalue weighted by Gasteiger charge is -2.32. The number of amides is 1. The molecule has 1 saturated heterocycles. The molecule has 32 heavy (non-hydrogen) atoms. The summed E-state index contributed by atoms with van der Waals surface area (Å²) in [5.74, 6) is 0. The van der Waals surface area contributed by atoms with Gasteiger partial charge in [-0.3, -0.25) is 0 Å². The van der Waals surface area contributed by atoms with Gasteiger partial charge >= 0.3 is 13.2 Å². The fourth-order valence-corrected chi connectivity index (χ4v) is 3.34. The van der Waals surface area contributed by atoms with E-state index in [1.54, 1.807) is 12.1 Å². The number of carbonyl (C=O) groups is 1. The van der Waals surface area contributed by atoms with Crippen LogP contribution in [0.25, 0.3) is 6.08 Å². The SMILES string of the molecule is CC1(C)OB(C(=Cc2ccc(Cl)c(CO)c2)CNC(=O)OCc2ccccc2)OC1(C)C. The average Bonchev–Trinajstić information content (AvgIpc) is 2.98. The van der Waals surface area contributed by atoms with Crippen LogP contribution < -0.4 is 5.32 Å². The van der Waals surface area contributed by atoms with Gasteiger partial charge in [0.05, 0.1) is 17.8 Å². The number of carbonyl (C=O) groups excluding carboxylic acids is 1. The van der Waals surface area contributed by atoms with Crippen LogP contribution in [-0.2, 0) is 27.3 Å². The van der Waals surface area contributed by atoms with E-state index in [1.165, 1.54) is 0 Å². The molecule has 0 spiro atoms. The highest BCUT2D eigenvalue weighted by Gasteiger charge is 2.52. The Hall–Kier alpha value is -2.32. The lowest BCUT2D eigenvalue weighted by molar-refractivity contribution is 0.00578. The van der Waals surface area contributed by atoms with Crippen LogP contribution >= 0.6 is 11.6 Å². The van der Waals surface area contributed by atoms with Crippen LogP contribution in [0.4, 0.5) is 4.79 Å². The Morgan fingerprint density at radius 2 is 1.78 bits per heavy atom. The van der Waals surface area contributed by atoms with Crippen molar-refractivity contribution in [1.82, 2.24) is 5.32 Å². The van der Waals surface area contributed by atoms with Gasteiger partial charge in [-0.1, -0.05) is 54.1 Å². The molecule has 2 aromatic rings. The number of aliphatic hydroxyl groups excluding tert-OH is 1. The van der Waals surface area contributed by atoms with E-state index in [4.69, 9.17) is 25.6 Å². The Labute approximate surface area is 194 Å². The molecule has 1 amide bonds. The molecule has 0 saturated carbocycles. The number of nitrogens with one attached hydrogen (secondary N) is 1. The molecule has 170 valence electrons. The summed E-state index contributed by atoms with van der Waals surface area (Å²) in [6, 6.07) is 14.8. The van der Waals surface area contributed by atoms with Gasteiger partial charge in [0.25, 0.3) is 0 Å². The van der Waals surface area contributed by atoms with E-state index >= 15 is 0 Å². The minimum absolute atomic E-state index is 0.168. The van der Waals surface area contributed by atoms with E-state index in [2.05, 4.69) is 5.32 Å². The van der Waals surface area contributed by atoms with E-state index in [0.29, 0.717) is 16.1 Å². The molecule has 8 heteroatoms. The Balaban J connectivity index is 1.76. The van der Waals surface area contributed by atoms with Gasteiger partial charge in [0, 0.05) is 11.6 Å². The zero-order valence-corrected chi connectivity index (χ0v) is 19.6. The molecule has 3 rings (SSSR count). The number of hydrogen-bond donors (Lipinski definition) is 2. The van der Waals surface area contributed by atoms with E-state index in [-0.39, 0.29) is 19.8 Å². The summed E-state index contributed by atoms with van der Waals surface area (Å²) in [6.45, 7) is 8.06. The molecule has 1 aliphatic heterocycles. The van der Waals surface area contributed by atoms with Gasteiger partial charge in [-0.25, -0.2) is 4.79 Å². The molecule has 1 fully saturated rings. The average molecular weight is 458 g/mol. The Morgan fingerprint density at radius 1 is 1.12 bits per heavy atom. The Bertz CT molecular complexity index is 962.